The van der Waals surface area contributed by atoms with Gasteiger partial charge >= 0.3 is 5.76 Å². The quantitative estimate of drug-likeness (QED) is 0.381. The summed E-state index contributed by atoms with van der Waals surface area (Å²) >= 11 is 0. The largest absolute Gasteiger partial charge is 0.439 e. The SMILES string of the molecule is C=CC1CCC(Cn2c(N3CCNC[C@H]3C)nc3nc(-c4noc(=O)[nH]4)nc(N[C@H](C)C4CCC4)c32)CC1. The van der Waals surface area contributed by atoms with E-state index in [0.717, 1.165) is 43.5 Å². The fraction of sp³-hybridized carbons (Fsp3) is 0.667. The summed E-state index contributed by atoms with van der Waals surface area (Å²) in [7, 11) is 0. The zero-order chi connectivity index (χ0) is 26.2. The number of imidazole rings is 1. The van der Waals surface area contributed by atoms with Gasteiger partial charge in [0.2, 0.25) is 17.6 Å². The molecule has 0 radical (unpaired) electrons. The molecule has 0 bridgehead atoms. The fourth-order valence-electron chi connectivity index (χ4n) is 6.23. The minimum absolute atomic E-state index is 0.214. The Bertz CT molecular complexity index is 1330. The summed E-state index contributed by atoms with van der Waals surface area (Å²) in [6.45, 7) is 12.1. The zero-order valence-electron chi connectivity index (χ0n) is 22.4. The molecule has 38 heavy (non-hydrogen) atoms. The molecule has 1 aliphatic heterocycles. The number of piperazine rings is 1. The number of hydrogen-bond acceptors (Lipinski definition) is 9. The van der Waals surface area contributed by atoms with Gasteiger partial charge in [-0.3, -0.25) is 9.51 Å². The highest BCUT2D eigenvalue weighted by Gasteiger charge is 2.31. The third-order valence-electron chi connectivity index (χ3n) is 8.88. The van der Waals surface area contributed by atoms with Gasteiger partial charge in [-0.05, 0) is 70.1 Å². The molecule has 1 saturated heterocycles. The zero-order valence-corrected chi connectivity index (χ0v) is 22.4. The fourth-order valence-corrected chi connectivity index (χ4v) is 6.23. The normalized spacial score (nSPS) is 25.3. The first kappa shape index (κ1) is 25.1. The van der Waals surface area contributed by atoms with Crippen LogP contribution in [-0.2, 0) is 6.54 Å². The van der Waals surface area contributed by atoms with Crippen LogP contribution < -0.4 is 21.3 Å². The molecule has 11 heteroatoms. The van der Waals surface area contributed by atoms with Crippen LogP contribution in [0, 0.1) is 17.8 Å². The molecular weight excluding hydrogens is 482 g/mol. The van der Waals surface area contributed by atoms with Crippen molar-refractivity contribution in [2.75, 3.05) is 29.9 Å². The van der Waals surface area contributed by atoms with Crippen molar-refractivity contribution in [3.05, 3.63) is 23.2 Å². The average Bonchev–Trinajstić information content (AvgIpc) is 3.47. The van der Waals surface area contributed by atoms with E-state index in [4.69, 9.17) is 19.5 Å². The van der Waals surface area contributed by atoms with Crippen molar-refractivity contribution in [3.63, 3.8) is 0 Å². The van der Waals surface area contributed by atoms with E-state index >= 15 is 0 Å². The molecule has 4 heterocycles. The summed E-state index contributed by atoms with van der Waals surface area (Å²) in [5, 5.41) is 11.1. The van der Waals surface area contributed by atoms with Crippen LogP contribution >= 0.6 is 0 Å². The Kier molecular flexibility index (Phi) is 6.94. The number of aromatic amines is 1. The molecule has 2 saturated carbocycles. The standard InChI is InChI=1S/C27H39N9O2/c1-4-18-8-10-19(11-9-18)15-36-21-22(29-17(3)20-6-5-7-20)30-24(25-33-27(37)38-34-25)31-23(21)32-26(36)35-13-12-28-14-16(35)2/h4,16-20,28H,1,5-15H2,2-3H3,(H,29,30,31)(H,33,34,37)/t16-,17-,18?,19?/m1/s1. The second kappa shape index (κ2) is 10.5. The number of nitrogens with one attached hydrogen (secondary N) is 3. The van der Waals surface area contributed by atoms with Crippen molar-refractivity contribution in [3.8, 4) is 11.6 Å². The first-order valence-electron chi connectivity index (χ1n) is 14.2. The Balaban J connectivity index is 1.46. The Morgan fingerprint density at radius 3 is 2.66 bits per heavy atom. The third kappa shape index (κ3) is 4.83. The average molecular weight is 522 g/mol. The van der Waals surface area contributed by atoms with Gasteiger partial charge in [-0.1, -0.05) is 17.7 Å². The molecule has 0 unspecified atom stereocenters. The summed E-state index contributed by atoms with van der Waals surface area (Å²) in [4.78, 5) is 31.5. The summed E-state index contributed by atoms with van der Waals surface area (Å²) in [6, 6.07) is 0.569. The number of fused-ring (bicyclic) bond motifs is 1. The van der Waals surface area contributed by atoms with Gasteiger partial charge in [-0.25, -0.2) is 14.8 Å². The number of rotatable bonds is 8. The monoisotopic (exact) mass is 521 g/mol. The number of hydrogen-bond donors (Lipinski definition) is 3. The van der Waals surface area contributed by atoms with Crippen molar-refractivity contribution < 1.29 is 4.52 Å². The lowest BCUT2D eigenvalue weighted by molar-refractivity contribution is 0.282. The predicted molar refractivity (Wildman–Crippen MR) is 147 cm³/mol. The molecule has 3 aromatic rings. The summed E-state index contributed by atoms with van der Waals surface area (Å²) in [5.74, 6) is 3.38. The maximum atomic E-state index is 11.7. The van der Waals surface area contributed by atoms with E-state index in [-0.39, 0.29) is 11.9 Å². The van der Waals surface area contributed by atoms with Gasteiger partial charge in [-0.15, -0.1) is 6.58 Å². The van der Waals surface area contributed by atoms with Crippen LogP contribution in [0.2, 0.25) is 0 Å². The predicted octanol–water partition coefficient (Wildman–Crippen LogP) is 3.56. The van der Waals surface area contributed by atoms with E-state index < -0.39 is 5.76 Å². The lowest BCUT2D eigenvalue weighted by Crippen LogP contribution is -2.51. The number of aromatic nitrogens is 6. The molecule has 204 valence electrons. The lowest BCUT2D eigenvalue weighted by Gasteiger charge is -2.36. The highest BCUT2D eigenvalue weighted by Crippen LogP contribution is 2.37. The number of allylic oxidation sites excluding steroid dienone is 1. The van der Waals surface area contributed by atoms with Gasteiger partial charge in [0, 0.05) is 38.3 Å². The van der Waals surface area contributed by atoms with Crippen LogP contribution in [0.25, 0.3) is 22.8 Å². The minimum Gasteiger partial charge on any atom is -0.365 e. The molecule has 0 spiro atoms. The minimum atomic E-state index is -0.628. The van der Waals surface area contributed by atoms with Crippen molar-refractivity contribution in [1.29, 1.82) is 0 Å². The van der Waals surface area contributed by atoms with E-state index in [9.17, 15) is 4.79 Å². The highest BCUT2D eigenvalue weighted by molar-refractivity contribution is 5.87. The Hall–Kier alpha value is -3.21. The Morgan fingerprint density at radius 1 is 1.18 bits per heavy atom. The third-order valence-corrected chi connectivity index (χ3v) is 8.88. The summed E-state index contributed by atoms with van der Waals surface area (Å²) < 4.78 is 7.13. The highest BCUT2D eigenvalue weighted by atomic mass is 16.5. The van der Waals surface area contributed by atoms with E-state index in [2.05, 4.69) is 56.7 Å². The maximum absolute atomic E-state index is 11.7. The van der Waals surface area contributed by atoms with E-state index in [1.165, 1.54) is 44.9 Å². The molecule has 3 N–H and O–H groups in total. The Labute approximate surface area is 222 Å². The van der Waals surface area contributed by atoms with Gasteiger partial charge in [0.05, 0.1) is 0 Å². The number of nitrogens with zero attached hydrogens (tertiary/aromatic N) is 6. The molecular formula is C27H39N9O2. The Morgan fingerprint density at radius 2 is 2.00 bits per heavy atom. The molecule has 3 aromatic heterocycles. The number of H-pyrrole nitrogens is 1. The first-order chi connectivity index (χ1) is 18.5. The van der Waals surface area contributed by atoms with Crippen LogP contribution in [0.5, 0.6) is 0 Å². The molecule has 2 atom stereocenters. The van der Waals surface area contributed by atoms with Crippen molar-refractivity contribution in [1.82, 2.24) is 35.0 Å². The van der Waals surface area contributed by atoms with Crippen LogP contribution in [0.3, 0.4) is 0 Å². The van der Waals surface area contributed by atoms with Crippen LogP contribution in [-0.4, -0.2) is 61.4 Å². The molecule has 2 aliphatic carbocycles. The second-order valence-corrected chi connectivity index (χ2v) is 11.4. The van der Waals surface area contributed by atoms with Gasteiger partial charge < -0.3 is 20.1 Å². The van der Waals surface area contributed by atoms with Crippen LogP contribution in [0.15, 0.2) is 22.0 Å². The lowest BCUT2D eigenvalue weighted by atomic mass is 9.80. The topological polar surface area (TPSA) is 130 Å². The van der Waals surface area contributed by atoms with Gasteiger partial charge in [-0.2, -0.15) is 4.98 Å². The molecule has 0 aromatic carbocycles. The number of anilines is 2. The molecule has 3 aliphatic rings. The van der Waals surface area contributed by atoms with Gasteiger partial charge in [0.1, 0.15) is 5.52 Å². The van der Waals surface area contributed by atoms with Crippen LogP contribution in [0.1, 0.15) is 58.8 Å². The smallest absolute Gasteiger partial charge is 0.365 e. The molecule has 6 rings (SSSR count). The molecule has 3 fully saturated rings. The van der Waals surface area contributed by atoms with Crippen molar-refractivity contribution in [2.24, 2.45) is 17.8 Å². The van der Waals surface area contributed by atoms with Gasteiger partial charge in [0.15, 0.2) is 11.5 Å². The molecule has 11 nitrogen and oxygen atoms in total. The summed E-state index contributed by atoms with van der Waals surface area (Å²) in [6.07, 6.45) is 10.6. The van der Waals surface area contributed by atoms with Crippen molar-refractivity contribution in [2.45, 2.75) is 77.4 Å². The summed E-state index contributed by atoms with van der Waals surface area (Å²) in [5.41, 5.74) is 1.54. The van der Waals surface area contributed by atoms with Gasteiger partial charge in [0.25, 0.3) is 0 Å². The van der Waals surface area contributed by atoms with Crippen LogP contribution in [0.4, 0.5) is 11.8 Å². The van der Waals surface area contributed by atoms with Crippen molar-refractivity contribution >= 4 is 22.9 Å². The molecule has 0 amide bonds. The second-order valence-electron chi connectivity index (χ2n) is 11.4. The van der Waals surface area contributed by atoms with E-state index in [1.807, 2.05) is 0 Å². The van der Waals surface area contributed by atoms with E-state index in [1.54, 1.807) is 0 Å². The van der Waals surface area contributed by atoms with E-state index in [0.29, 0.717) is 35.3 Å². The maximum Gasteiger partial charge on any atom is 0.439 e. The first-order valence-corrected chi connectivity index (χ1v) is 14.2.